The second-order valence-electron chi connectivity index (χ2n) is 7.95. The smallest absolute Gasteiger partial charge is 0.191 e. The average molecular weight is 348 g/mol. The van der Waals surface area contributed by atoms with Crippen molar-refractivity contribution in [1.82, 2.24) is 10.6 Å². The van der Waals surface area contributed by atoms with Gasteiger partial charge in [0, 0.05) is 18.7 Å². The van der Waals surface area contributed by atoms with Crippen LogP contribution in [0.4, 0.5) is 0 Å². The fourth-order valence-electron chi connectivity index (χ4n) is 2.73. The van der Waals surface area contributed by atoms with E-state index in [0.717, 1.165) is 43.1 Å². The van der Waals surface area contributed by atoms with Crippen LogP contribution in [0.5, 0.6) is 5.75 Å². The molecule has 0 spiro atoms. The summed E-state index contributed by atoms with van der Waals surface area (Å²) < 4.78 is 6.10. The number of aryl methyl sites for hydroxylation is 1. The van der Waals surface area contributed by atoms with Crippen molar-refractivity contribution in [3.05, 3.63) is 29.3 Å². The molecule has 25 heavy (non-hydrogen) atoms. The van der Waals surface area contributed by atoms with Gasteiger partial charge in [-0.25, -0.2) is 4.99 Å². The highest BCUT2D eigenvalue weighted by atomic mass is 16.5. The van der Waals surface area contributed by atoms with Gasteiger partial charge in [-0.15, -0.1) is 0 Å². The molecule has 0 saturated heterocycles. The third-order valence-corrected chi connectivity index (χ3v) is 4.26. The van der Waals surface area contributed by atoms with E-state index >= 15 is 0 Å². The van der Waals surface area contributed by atoms with Crippen LogP contribution in [0, 0.1) is 6.92 Å². The number of rotatable bonds is 6. The largest absolute Gasteiger partial charge is 0.488 e. The molecular formula is C20H33N3O2. The quantitative estimate of drug-likeness (QED) is 0.546. The molecule has 0 aromatic heterocycles. The van der Waals surface area contributed by atoms with E-state index in [1.165, 1.54) is 5.56 Å². The molecule has 1 aromatic rings. The van der Waals surface area contributed by atoms with Crippen molar-refractivity contribution in [2.24, 2.45) is 4.99 Å². The van der Waals surface area contributed by atoms with Crippen molar-refractivity contribution < 1.29 is 9.84 Å². The van der Waals surface area contributed by atoms with Gasteiger partial charge in [-0.1, -0.05) is 12.1 Å². The number of hydrogen-bond acceptors (Lipinski definition) is 3. The first-order valence-corrected chi connectivity index (χ1v) is 9.24. The lowest BCUT2D eigenvalue weighted by atomic mass is 9.80. The molecule has 2 rings (SSSR count). The van der Waals surface area contributed by atoms with E-state index in [2.05, 4.69) is 40.7 Å². The molecule has 1 aliphatic carbocycles. The summed E-state index contributed by atoms with van der Waals surface area (Å²) in [7, 11) is 0. The topological polar surface area (TPSA) is 65.9 Å². The van der Waals surface area contributed by atoms with Gasteiger partial charge in [-0.05, 0) is 65.5 Å². The van der Waals surface area contributed by atoms with Crippen molar-refractivity contribution in [3.63, 3.8) is 0 Å². The molecule has 0 unspecified atom stereocenters. The Kier molecular flexibility index (Phi) is 6.33. The van der Waals surface area contributed by atoms with Crippen LogP contribution in [0.2, 0.25) is 0 Å². The Balaban J connectivity index is 2.08. The zero-order chi connectivity index (χ0) is 18.5. The molecule has 5 nitrogen and oxygen atoms in total. The minimum Gasteiger partial charge on any atom is -0.488 e. The molecule has 1 fully saturated rings. The highest BCUT2D eigenvalue weighted by molar-refractivity contribution is 5.79. The first kappa shape index (κ1) is 19.6. The molecule has 0 atom stereocenters. The number of guanidine groups is 1. The maximum Gasteiger partial charge on any atom is 0.191 e. The number of ether oxygens (including phenoxy) is 1. The van der Waals surface area contributed by atoms with E-state index in [9.17, 15) is 5.11 Å². The van der Waals surface area contributed by atoms with Gasteiger partial charge in [0.2, 0.25) is 0 Å². The van der Waals surface area contributed by atoms with Crippen LogP contribution in [0.15, 0.2) is 23.2 Å². The third kappa shape index (κ3) is 6.24. The van der Waals surface area contributed by atoms with Crippen molar-refractivity contribution >= 4 is 5.96 Å². The van der Waals surface area contributed by atoms with Crippen LogP contribution in [0.3, 0.4) is 0 Å². The van der Waals surface area contributed by atoms with Crippen molar-refractivity contribution in [2.75, 3.05) is 13.1 Å². The molecule has 0 aliphatic heterocycles. The van der Waals surface area contributed by atoms with Gasteiger partial charge in [0.25, 0.3) is 0 Å². The number of aliphatic imine (C=N–C) groups is 1. The van der Waals surface area contributed by atoms with Crippen LogP contribution in [0.25, 0.3) is 0 Å². The highest BCUT2D eigenvalue weighted by Gasteiger charge is 2.34. The lowest BCUT2D eigenvalue weighted by molar-refractivity contribution is -0.0279. The average Bonchev–Trinajstić information content (AvgIpc) is 2.48. The summed E-state index contributed by atoms with van der Waals surface area (Å²) >= 11 is 0. The molecule has 1 aliphatic rings. The Morgan fingerprint density at radius 3 is 2.56 bits per heavy atom. The highest BCUT2D eigenvalue weighted by Crippen LogP contribution is 2.30. The summed E-state index contributed by atoms with van der Waals surface area (Å²) in [4.78, 5) is 4.67. The lowest BCUT2D eigenvalue weighted by Gasteiger charge is -2.37. The normalized spacial score (nSPS) is 17.0. The van der Waals surface area contributed by atoms with Gasteiger partial charge in [0.1, 0.15) is 11.4 Å². The number of hydrogen-bond donors (Lipinski definition) is 3. The Hall–Kier alpha value is -1.75. The van der Waals surface area contributed by atoms with E-state index in [-0.39, 0.29) is 5.60 Å². The monoisotopic (exact) mass is 347 g/mol. The second-order valence-corrected chi connectivity index (χ2v) is 7.95. The van der Waals surface area contributed by atoms with Crippen LogP contribution in [0.1, 0.15) is 58.1 Å². The van der Waals surface area contributed by atoms with E-state index in [4.69, 9.17) is 4.74 Å². The summed E-state index contributed by atoms with van der Waals surface area (Å²) in [5, 5.41) is 16.7. The molecule has 5 heteroatoms. The van der Waals surface area contributed by atoms with Gasteiger partial charge >= 0.3 is 0 Å². The molecule has 3 N–H and O–H groups in total. The first-order chi connectivity index (χ1) is 11.7. The molecule has 0 radical (unpaired) electrons. The molecule has 1 aromatic carbocycles. The molecule has 1 saturated carbocycles. The van der Waals surface area contributed by atoms with Gasteiger partial charge in [0.15, 0.2) is 5.96 Å². The van der Waals surface area contributed by atoms with Crippen LogP contribution in [-0.4, -0.2) is 35.4 Å². The van der Waals surface area contributed by atoms with Crippen molar-refractivity contribution in [1.29, 1.82) is 0 Å². The molecule has 0 bridgehead atoms. The van der Waals surface area contributed by atoms with Gasteiger partial charge in [-0.2, -0.15) is 0 Å². The first-order valence-electron chi connectivity index (χ1n) is 9.24. The fraction of sp³-hybridized carbons (Fsp3) is 0.650. The Morgan fingerprint density at radius 1 is 1.28 bits per heavy atom. The van der Waals surface area contributed by atoms with Gasteiger partial charge < -0.3 is 20.5 Å². The summed E-state index contributed by atoms with van der Waals surface area (Å²) in [5.74, 6) is 1.61. The van der Waals surface area contributed by atoms with Crippen LogP contribution in [-0.2, 0) is 6.54 Å². The maximum atomic E-state index is 10.2. The van der Waals surface area contributed by atoms with Crippen LogP contribution >= 0.6 is 0 Å². The zero-order valence-electron chi connectivity index (χ0n) is 16.3. The summed E-state index contributed by atoms with van der Waals surface area (Å²) in [6.45, 7) is 12.1. The fourth-order valence-corrected chi connectivity index (χ4v) is 2.73. The predicted molar refractivity (Wildman–Crippen MR) is 103 cm³/mol. The standard InChI is InChI=1S/C20H33N3O2/c1-6-21-18(23-14-20(24)10-7-11-20)22-13-16-9-8-15(2)12-17(16)25-19(3,4)5/h8-9,12,24H,6-7,10-11,13-14H2,1-5H3,(H2,21,22,23). The van der Waals surface area contributed by atoms with Gasteiger partial charge in [-0.3, -0.25) is 0 Å². The maximum absolute atomic E-state index is 10.2. The second kappa shape index (κ2) is 8.09. The van der Waals surface area contributed by atoms with Crippen LogP contribution < -0.4 is 15.4 Å². The Morgan fingerprint density at radius 2 is 2.00 bits per heavy atom. The predicted octanol–water partition coefficient (Wildman–Crippen LogP) is 3.14. The number of nitrogens with zero attached hydrogens (tertiary/aromatic N) is 1. The molecule has 0 heterocycles. The van der Waals surface area contributed by atoms with Gasteiger partial charge in [0.05, 0.1) is 12.1 Å². The Bertz CT molecular complexity index is 601. The zero-order valence-corrected chi connectivity index (χ0v) is 16.3. The van der Waals surface area contributed by atoms with E-state index in [0.29, 0.717) is 13.1 Å². The molecular weight excluding hydrogens is 314 g/mol. The third-order valence-electron chi connectivity index (χ3n) is 4.26. The summed E-state index contributed by atoms with van der Waals surface area (Å²) in [5.41, 5.74) is 1.41. The van der Waals surface area contributed by atoms with E-state index in [1.54, 1.807) is 0 Å². The van der Waals surface area contributed by atoms with Crippen molar-refractivity contribution in [3.8, 4) is 5.75 Å². The molecule has 140 valence electrons. The Labute approximate surface area is 151 Å². The van der Waals surface area contributed by atoms with E-state index < -0.39 is 5.60 Å². The lowest BCUT2D eigenvalue weighted by Crippen LogP contribution is -2.50. The van der Waals surface area contributed by atoms with Crippen molar-refractivity contribution in [2.45, 2.75) is 71.6 Å². The minimum absolute atomic E-state index is 0.248. The van der Waals surface area contributed by atoms with E-state index in [1.807, 2.05) is 27.7 Å². The SMILES string of the molecule is CCNC(=NCc1ccc(C)cc1OC(C)(C)C)NCC1(O)CCC1. The summed E-state index contributed by atoms with van der Waals surface area (Å²) in [6.07, 6.45) is 2.82. The number of aliphatic hydroxyl groups is 1. The number of nitrogens with one attached hydrogen (secondary N) is 2. The summed E-state index contributed by atoms with van der Waals surface area (Å²) in [6, 6.07) is 6.22. The molecule has 0 amide bonds. The minimum atomic E-state index is -0.569. The number of benzene rings is 1.